The van der Waals surface area contributed by atoms with Gasteiger partial charge in [-0.25, -0.2) is 9.50 Å². The summed E-state index contributed by atoms with van der Waals surface area (Å²) in [6.07, 6.45) is 1.12. The summed E-state index contributed by atoms with van der Waals surface area (Å²) >= 11 is 0. The first-order valence-electron chi connectivity index (χ1n) is 6.75. The zero-order chi connectivity index (χ0) is 14.1. The zero-order valence-corrected chi connectivity index (χ0v) is 11.6. The lowest BCUT2D eigenvalue weighted by Gasteiger charge is -2.14. The van der Waals surface area contributed by atoms with Crippen LogP contribution in [0.4, 0.5) is 0 Å². The van der Waals surface area contributed by atoms with Crippen LogP contribution in [0.3, 0.4) is 0 Å². The standard InChI is InChI=1S/C16H17N3O/c1-11(2)16(20)14-15(12-7-4-3-5-8-12)19-13(18-14)9-6-10-17-19/h3-11,16,20H,1-2H3. The number of aliphatic hydroxyl groups is 1. The number of aromatic nitrogens is 3. The fourth-order valence-corrected chi connectivity index (χ4v) is 2.29. The van der Waals surface area contributed by atoms with Gasteiger partial charge in [-0.1, -0.05) is 44.2 Å². The van der Waals surface area contributed by atoms with Crippen LogP contribution in [-0.4, -0.2) is 19.7 Å². The second kappa shape index (κ2) is 5.06. The summed E-state index contributed by atoms with van der Waals surface area (Å²) < 4.78 is 1.79. The summed E-state index contributed by atoms with van der Waals surface area (Å²) in [7, 11) is 0. The number of hydrogen-bond acceptors (Lipinski definition) is 3. The molecule has 2 heterocycles. The molecule has 0 aliphatic rings. The summed E-state index contributed by atoms with van der Waals surface area (Å²) in [6, 6.07) is 13.7. The molecule has 0 bridgehead atoms. The van der Waals surface area contributed by atoms with Crippen molar-refractivity contribution in [3.8, 4) is 11.3 Å². The van der Waals surface area contributed by atoms with E-state index in [4.69, 9.17) is 0 Å². The van der Waals surface area contributed by atoms with Crippen molar-refractivity contribution in [3.63, 3.8) is 0 Å². The molecule has 3 aromatic rings. The van der Waals surface area contributed by atoms with E-state index in [0.717, 1.165) is 16.9 Å². The lowest BCUT2D eigenvalue weighted by atomic mass is 10.00. The lowest BCUT2D eigenvalue weighted by molar-refractivity contribution is 0.123. The van der Waals surface area contributed by atoms with Crippen LogP contribution in [0.1, 0.15) is 25.6 Å². The highest BCUT2D eigenvalue weighted by atomic mass is 16.3. The third-order valence-electron chi connectivity index (χ3n) is 3.38. The van der Waals surface area contributed by atoms with E-state index < -0.39 is 6.10 Å². The minimum Gasteiger partial charge on any atom is -0.386 e. The molecule has 3 rings (SSSR count). The van der Waals surface area contributed by atoms with Crippen LogP contribution in [0.5, 0.6) is 0 Å². The smallest absolute Gasteiger partial charge is 0.154 e. The van der Waals surface area contributed by atoms with Crippen molar-refractivity contribution < 1.29 is 5.11 Å². The third kappa shape index (κ3) is 2.08. The monoisotopic (exact) mass is 267 g/mol. The quantitative estimate of drug-likeness (QED) is 0.793. The van der Waals surface area contributed by atoms with Crippen LogP contribution >= 0.6 is 0 Å². The van der Waals surface area contributed by atoms with Gasteiger partial charge in [0.25, 0.3) is 0 Å². The van der Waals surface area contributed by atoms with Gasteiger partial charge in [0.15, 0.2) is 5.65 Å². The Hall–Kier alpha value is -2.20. The largest absolute Gasteiger partial charge is 0.386 e. The van der Waals surface area contributed by atoms with Crippen LogP contribution < -0.4 is 0 Å². The first-order valence-corrected chi connectivity index (χ1v) is 6.75. The Morgan fingerprint density at radius 3 is 2.50 bits per heavy atom. The number of imidazole rings is 1. The Balaban J connectivity index is 2.29. The average molecular weight is 267 g/mol. The van der Waals surface area contributed by atoms with Crippen molar-refractivity contribution in [2.45, 2.75) is 20.0 Å². The molecule has 0 amide bonds. The molecule has 0 aliphatic heterocycles. The number of aliphatic hydroxyl groups excluding tert-OH is 1. The minimum absolute atomic E-state index is 0.0994. The van der Waals surface area contributed by atoms with Crippen molar-refractivity contribution in [3.05, 3.63) is 54.4 Å². The highest BCUT2D eigenvalue weighted by molar-refractivity contribution is 5.67. The maximum absolute atomic E-state index is 10.4. The normalized spacial score (nSPS) is 13.0. The van der Waals surface area contributed by atoms with Gasteiger partial charge in [0.05, 0.1) is 11.4 Å². The third-order valence-corrected chi connectivity index (χ3v) is 3.38. The Morgan fingerprint density at radius 1 is 1.05 bits per heavy atom. The molecule has 2 aromatic heterocycles. The van der Waals surface area contributed by atoms with Gasteiger partial charge in [-0.15, -0.1) is 0 Å². The molecule has 1 aromatic carbocycles. The van der Waals surface area contributed by atoms with Crippen molar-refractivity contribution in [2.24, 2.45) is 5.92 Å². The van der Waals surface area contributed by atoms with E-state index >= 15 is 0 Å². The molecule has 0 aliphatic carbocycles. The summed E-state index contributed by atoms with van der Waals surface area (Å²) in [4.78, 5) is 4.56. The second-order valence-corrected chi connectivity index (χ2v) is 5.19. The highest BCUT2D eigenvalue weighted by Gasteiger charge is 2.23. The molecule has 0 radical (unpaired) electrons. The van der Waals surface area contributed by atoms with Gasteiger partial charge in [0, 0.05) is 11.8 Å². The molecule has 0 saturated heterocycles. The molecule has 0 spiro atoms. The molecule has 0 fully saturated rings. The van der Waals surface area contributed by atoms with E-state index in [1.54, 1.807) is 10.7 Å². The van der Waals surface area contributed by atoms with Gasteiger partial charge < -0.3 is 5.11 Å². The number of nitrogens with zero attached hydrogens (tertiary/aromatic N) is 3. The van der Waals surface area contributed by atoms with E-state index in [1.807, 2.05) is 56.3 Å². The molecule has 1 unspecified atom stereocenters. The molecule has 1 atom stereocenters. The fourth-order valence-electron chi connectivity index (χ4n) is 2.29. The van der Waals surface area contributed by atoms with Gasteiger partial charge in [-0.2, -0.15) is 5.10 Å². The summed E-state index contributed by atoms with van der Waals surface area (Å²) in [5, 5.41) is 14.8. The molecular weight excluding hydrogens is 250 g/mol. The number of fused-ring (bicyclic) bond motifs is 1. The van der Waals surface area contributed by atoms with Crippen LogP contribution in [0.2, 0.25) is 0 Å². The Morgan fingerprint density at radius 2 is 1.80 bits per heavy atom. The van der Waals surface area contributed by atoms with Crippen LogP contribution in [0.25, 0.3) is 16.9 Å². The second-order valence-electron chi connectivity index (χ2n) is 5.19. The van der Waals surface area contributed by atoms with Crippen molar-refractivity contribution in [1.82, 2.24) is 14.6 Å². The van der Waals surface area contributed by atoms with Gasteiger partial charge in [-0.05, 0) is 18.1 Å². The Labute approximate surface area is 117 Å². The van der Waals surface area contributed by atoms with E-state index in [-0.39, 0.29) is 5.92 Å². The molecule has 0 saturated carbocycles. The predicted octanol–water partition coefficient (Wildman–Crippen LogP) is 3.09. The van der Waals surface area contributed by atoms with Crippen molar-refractivity contribution >= 4 is 5.65 Å². The number of hydrogen-bond donors (Lipinski definition) is 1. The van der Waals surface area contributed by atoms with Gasteiger partial charge >= 0.3 is 0 Å². The number of benzene rings is 1. The van der Waals surface area contributed by atoms with E-state index in [0.29, 0.717) is 5.69 Å². The molecular formula is C16H17N3O. The van der Waals surface area contributed by atoms with Gasteiger partial charge in [0.1, 0.15) is 6.10 Å². The van der Waals surface area contributed by atoms with E-state index in [1.165, 1.54) is 0 Å². The average Bonchev–Trinajstić information content (AvgIpc) is 2.86. The predicted molar refractivity (Wildman–Crippen MR) is 78.2 cm³/mol. The molecule has 4 nitrogen and oxygen atoms in total. The van der Waals surface area contributed by atoms with Crippen LogP contribution in [0.15, 0.2) is 48.7 Å². The summed E-state index contributed by atoms with van der Waals surface area (Å²) in [5.74, 6) is 0.0994. The Kier molecular flexibility index (Phi) is 3.24. The minimum atomic E-state index is -0.605. The molecule has 4 heteroatoms. The maximum atomic E-state index is 10.4. The number of rotatable bonds is 3. The topological polar surface area (TPSA) is 50.4 Å². The summed E-state index contributed by atoms with van der Waals surface area (Å²) in [6.45, 7) is 3.97. The van der Waals surface area contributed by atoms with E-state index in [9.17, 15) is 5.11 Å². The first kappa shape index (κ1) is 12.8. The van der Waals surface area contributed by atoms with Gasteiger partial charge in [0.2, 0.25) is 0 Å². The van der Waals surface area contributed by atoms with Crippen LogP contribution in [-0.2, 0) is 0 Å². The first-order chi connectivity index (χ1) is 9.68. The highest BCUT2D eigenvalue weighted by Crippen LogP contribution is 2.31. The fraction of sp³-hybridized carbons (Fsp3) is 0.250. The van der Waals surface area contributed by atoms with Crippen molar-refractivity contribution in [2.75, 3.05) is 0 Å². The Bertz CT molecular complexity index is 719. The summed E-state index contributed by atoms with van der Waals surface area (Å²) in [5.41, 5.74) is 3.31. The van der Waals surface area contributed by atoms with Gasteiger partial charge in [-0.3, -0.25) is 0 Å². The molecule has 102 valence electrons. The molecule has 20 heavy (non-hydrogen) atoms. The molecule has 1 N–H and O–H groups in total. The van der Waals surface area contributed by atoms with Crippen LogP contribution in [0, 0.1) is 5.92 Å². The van der Waals surface area contributed by atoms with Crippen molar-refractivity contribution in [1.29, 1.82) is 0 Å². The SMILES string of the molecule is CC(C)C(O)c1nc2cccnn2c1-c1ccccc1. The van der Waals surface area contributed by atoms with E-state index in [2.05, 4.69) is 10.1 Å². The zero-order valence-electron chi connectivity index (χ0n) is 11.6. The maximum Gasteiger partial charge on any atom is 0.154 e. The lowest BCUT2D eigenvalue weighted by Crippen LogP contribution is -2.07.